The van der Waals surface area contributed by atoms with Gasteiger partial charge in [-0.05, 0) is 43.0 Å². The topological polar surface area (TPSA) is 46.9 Å². The molecule has 0 fully saturated rings. The average Bonchev–Trinajstić information content (AvgIpc) is 2.61. The van der Waals surface area contributed by atoms with E-state index >= 15 is 0 Å². The molecule has 0 saturated carbocycles. The van der Waals surface area contributed by atoms with E-state index in [1.807, 2.05) is 49.4 Å². The molecule has 0 atom stereocenters. The fraction of sp³-hybridized carbons (Fsp3) is 0.200. The maximum absolute atomic E-state index is 12.6. The Hall–Kier alpha value is -2.88. The maximum Gasteiger partial charge on any atom is 0.297 e. The van der Waals surface area contributed by atoms with Crippen LogP contribution in [0.15, 0.2) is 71.8 Å². The minimum atomic E-state index is -0.122. The van der Waals surface area contributed by atoms with Gasteiger partial charge in [-0.3, -0.25) is 9.36 Å². The Balaban J connectivity index is 1.66. The summed E-state index contributed by atoms with van der Waals surface area (Å²) in [5.74, 6) is 0.395. The number of hydrogen-bond acceptors (Lipinski definition) is 3. The quantitative estimate of drug-likeness (QED) is 0.706. The Labute approximate surface area is 141 Å². The van der Waals surface area contributed by atoms with Crippen molar-refractivity contribution in [2.24, 2.45) is 0 Å². The number of aromatic nitrogens is 2. The van der Waals surface area contributed by atoms with Crippen molar-refractivity contribution in [3.05, 3.63) is 88.5 Å². The molecule has 0 aliphatic carbocycles. The number of benzene rings is 2. The van der Waals surface area contributed by atoms with Gasteiger partial charge >= 0.3 is 0 Å². The fourth-order valence-corrected chi connectivity index (χ4v) is 2.66. The van der Waals surface area contributed by atoms with E-state index in [4.69, 9.17) is 0 Å². The molecule has 1 aromatic heterocycles. The van der Waals surface area contributed by atoms with E-state index in [2.05, 4.69) is 22.4 Å². The van der Waals surface area contributed by atoms with Gasteiger partial charge in [0.2, 0.25) is 0 Å². The van der Waals surface area contributed by atoms with Gasteiger partial charge in [-0.15, -0.1) is 0 Å². The second-order valence-electron chi connectivity index (χ2n) is 5.81. The van der Waals surface area contributed by atoms with Crippen molar-refractivity contribution in [2.75, 3.05) is 11.9 Å². The Morgan fingerprint density at radius 3 is 2.71 bits per heavy atom. The number of aryl methyl sites for hydroxylation is 2. The van der Waals surface area contributed by atoms with Crippen molar-refractivity contribution in [1.29, 1.82) is 0 Å². The third-order valence-corrected chi connectivity index (χ3v) is 3.90. The van der Waals surface area contributed by atoms with Crippen LogP contribution in [0, 0.1) is 6.92 Å². The second-order valence-corrected chi connectivity index (χ2v) is 5.81. The molecule has 4 nitrogen and oxygen atoms in total. The van der Waals surface area contributed by atoms with Gasteiger partial charge in [0, 0.05) is 24.6 Å². The maximum atomic E-state index is 12.6. The first-order chi connectivity index (χ1) is 11.7. The molecule has 0 aliphatic heterocycles. The van der Waals surface area contributed by atoms with E-state index in [9.17, 15) is 4.79 Å². The molecule has 122 valence electrons. The summed E-state index contributed by atoms with van der Waals surface area (Å²) >= 11 is 0. The van der Waals surface area contributed by atoms with Crippen molar-refractivity contribution in [2.45, 2.75) is 19.8 Å². The van der Waals surface area contributed by atoms with Gasteiger partial charge in [0.25, 0.3) is 5.56 Å². The highest BCUT2D eigenvalue weighted by Crippen LogP contribution is 2.08. The standard InChI is InChI=1S/C20H21N3O/c1-16-7-5-11-18(15-16)23-14-13-22-19(20(23)24)21-12-6-10-17-8-3-2-4-9-17/h2-5,7-9,11,13-15H,6,10,12H2,1H3,(H,21,22). The van der Waals surface area contributed by atoms with E-state index in [1.165, 1.54) is 5.56 Å². The van der Waals surface area contributed by atoms with Gasteiger partial charge < -0.3 is 5.32 Å². The number of nitrogens with zero attached hydrogens (tertiary/aromatic N) is 2. The van der Waals surface area contributed by atoms with Crippen molar-refractivity contribution >= 4 is 5.82 Å². The zero-order valence-electron chi connectivity index (χ0n) is 13.8. The largest absolute Gasteiger partial charge is 0.365 e. The predicted octanol–water partition coefficient (Wildman–Crippen LogP) is 3.59. The average molecular weight is 319 g/mol. The van der Waals surface area contributed by atoms with Crippen LogP contribution in [0.4, 0.5) is 5.82 Å². The summed E-state index contributed by atoms with van der Waals surface area (Å²) in [5, 5.41) is 3.16. The number of anilines is 1. The summed E-state index contributed by atoms with van der Waals surface area (Å²) < 4.78 is 1.62. The Morgan fingerprint density at radius 1 is 1.08 bits per heavy atom. The van der Waals surface area contributed by atoms with E-state index < -0.39 is 0 Å². The van der Waals surface area contributed by atoms with E-state index in [1.54, 1.807) is 17.0 Å². The lowest BCUT2D eigenvalue weighted by atomic mass is 10.1. The van der Waals surface area contributed by atoms with Crippen LogP contribution < -0.4 is 10.9 Å². The Bertz CT molecular complexity index is 856. The minimum absolute atomic E-state index is 0.122. The SMILES string of the molecule is Cc1cccc(-n2ccnc(NCCCc3ccccc3)c2=O)c1. The number of nitrogens with one attached hydrogen (secondary N) is 1. The summed E-state index contributed by atoms with van der Waals surface area (Å²) in [6, 6.07) is 18.2. The lowest BCUT2D eigenvalue weighted by Gasteiger charge is -2.09. The van der Waals surface area contributed by atoms with E-state index in [0.717, 1.165) is 30.6 Å². The van der Waals surface area contributed by atoms with E-state index in [-0.39, 0.29) is 5.56 Å². The number of hydrogen-bond donors (Lipinski definition) is 1. The molecular formula is C20H21N3O. The van der Waals surface area contributed by atoms with Crippen LogP contribution in [-0.2, 0) is 6.42 Å². The van der Waals surface area contributed by atoms with Crippen molar-refractivity contribution in [3.8, 4) is 5.69 Å². The zero-order valence-corrected chi connectivity index (χ0v) is 13.8. The molecule has 3 rings (SSSR count). The molecule has 24 heavy (non-hydrogen) atoms. The molecule has 2 aromatic carbocycles. The molecule has 4 heteroatoms. The molecule has 0 radical (unpaired) electrons. The molecule has 0 unspecified atom stereocenters. The normalized spacial score (nSPS) is 10.5. The van der Waals surface area contributed by atoms with E-state index in [0.29, 0.717) is 5.82 Å². The molecule has 0 amide bonds. The molecule has 1 N–H and O–H groups in total. The van der Waals surface area contributed by atoms with Gasteiger partial charge in [-0.1, -0.05) is 42.5 Å². The Morgan fingerprint density at radius 2 is 1.92 bits per heavy atom. The van der Waals surface area contributed by atoms with Crippen LogP contribution in [0.5, 0.6) is 0 Å². The van der Waals surface area contributed by atoms with Crippen molar-refractivity contribution in [3.63, 3.8) is 0 Å². The summed E-state index contributed by atoms with van der Waals surface area (Å²) in [6.45, 7) is 2.73. The minimum Gasteiger partial charge on any atom is -0.365 e. The van der Waals surface area contributed by atoms with Crippen molar-refractivity contribution in [1.82, 2.24) is 9.55 Å². The summed E-state index contributed by atoms with van der Waals surface area (Å²) in [5.41, 5.74) is 3.16. The lowest BCUT2D eigenvalue weighted by molar-refractivity contribution is 0.849. The first-order valence-electron chi connectivity index (χ1n) is 8.16. The number of rotatable bonds is 6. The van der Waals surface area contributed by atoms with Crippen LogP contribution in [0.25, 0.3) is 5.69 Å². The third-order valence-electron chi connectivity index (χ3n) is 3.90. The van der Waals surface area contributed by atoms with Crippen LogP contribution in [-0.4, -0.2) is 16.1 Å². The van der Waals surface area contributed by atoms with Gasteiger partial charge in [-0.25, -0.2) is 4.98 Å². The highest BCUT2D eigenvalue weighted by Gasteiger charge is 2.06. The Kier molecular flexibility index (Phi) is 5.06. The predicted molar refractivity (Wildman–Crippen MR) is 97.8 cm³/mol. The monoisotopic (exact) mass is 319 g/mol. The summed E-state index contributed by atoms with van der Waals surface area (Å²) in [4.78, 5) is 16.8. The molecular weight excluding hydrogens is 298 g/mol. The lowest BCUT2D eigenvalue weighted by Crippen LogP contribution is -2.23. The third kappa shape index (κ3) is 3.90. The molecule has 0 bridgehead atoms. The summed E-state index contributed by atoms with van der Waals surface area (Å²) in [7, 11) is 0. The molecule has 0 aliphatic rings. The highest BCUT2D eigenvalue weighted by molar-refractivity contribution is 5.39. The van der Waals surface area contributed by atoms with Crippen LogP contribution in [0.2, 0.25) is 0 Å². The first-order valence-corrected chi connectivity index (χ1v) is 8.16. The van der Waals surface area contributed by atoms with Gasteiger partial charge in [-0.2, -0.15) is 0 Å². The fourth-order valence-electron chi connectivity index (χ4n) is 2.66. The molecule has 0 saturated heterocycles. The van der Waals surface area contributed by atoms with Gasteiger partial charge in [0.1, 0.15) is 0 Å². The molecule has 1 heterocycles. The molecule has 0 spiro atoms. The van der Waals surface area contributed by atoms with Crippen LogP contribution in [0.1, 0.15) is 17.5 Å². The first kappa shape index (κ1) is 16.0. The van der Waals surface area contributed by atoms with Gasteiger partial charge in [0.15, 0.2) is 5.82 Å². The van der Waals surface area contributed by atoms with Crippen LogP contribution >= 0.6 is 0 Å². The smallest absolute Gasteiger partial charge is 0.297 e. The second kappa shape index (κ2) is 7.59. The highest BCUT2D eigenvalue weighted by atomic mass is 16.1. The van der Waals surface area contributed by atoms with Crippen LogP contribution in [0.3, 0.4) is 0 Å². The molecule has 3 aromatic rings. The van der Waals surface area contributed by atoms with Crippen molar-refractivity contribution < 1.29 is 0 Å². The summed E-state index contributed by atoms with van der Waals surface area (Å²) in [6.07, 6.45) is 5.28. The van der Waals surface area contributed by atoms with Gasteiger partial charge in [0.05, 0.1) is 0 Å². The zero-order chi connectivity index (χ0) is 16.8.